The Balaban J connectivity index is 2.09. The summed E-state index contributed by atoms with van der Waals surface area (Å²) >= 11 is 0. The molecule has 3 aromatic rings. The highest BCUT2D eigenvalue weighted by Gasteiger charge is 2.20. The average Bonchev–Trinajstić information content (AvgIpc) is 3.20. The number of halogens is 1. The van der Waals surface area contributed by atoms with Crippen molar-refractivity contribution < 1.29 is 14.0 Å². The van der Waals surface area contributed by atoms with Gasteiger partial charge in [0.25, 0.3) is 0 Å². The quantitative estimate of drug-likeness (QED) is 0.537. The molecule has 24 heavy (non-hydrogen) atoms. The first-order valence-corrected chi connectivity index (χ1v) is 6.83. The summed E-state index contributed by atoms with van der Waals surface area (Å²) in [5.74, 6) is -1.03. The summed E-state index contributed by atoms with van der Waals surface area (Å²) in [5.41, 5.74) is 0.792. The summed E-state index contributed by atoms with van der Waals surface area (Å²) in [4.78, 5) is 23.8. The maximum Gasteiger partial charge on any atom is 0.231 e. The van der Waals surface area contributed by atoms with Crippen LogP contribution in [-0.4, -0.2) is 31.6 Å². The van der Waals surface area contributed by atoms with Crippen LogP contribution in [0, 0.1) is 17.1 Å². The van der Waals surface area contributed by atoms with Crippen LogP contribution in [0.25, 0.3) is 5.69 Å². The molecule has 0 bridgehead atoms. The van der Waals surface area contributed by atoms with Crippen LogP contribution in [0.1, 0.15) is 32.2 Å². The van der Waals surface area contributed by atoms with Crippen molar-refractivity contribution in [1.82, 2.24) is 19.6 Å². The Morgan fingerprint density at radius 3 is 2.79 bits per heavy atom. The fourth-order valence-corrected chi connectivity index (χ4v) is 2.29. The van der Waals surface area contributed by atoms with E-state index in [1.54, 1.807) is 7.05 Å². The Kier molecular flexibility index (Phi) is 3.75. The number of ketones is 1. The summed E-state index contributed by atoms with van der Waals surface area (Å²) in [6, 6.07) is 8.35. The Morgan fingerprint density at radius 1 is 1.33 bits per heavy atom. The van der Waals surface area contributed by atoms with Gasteiger partial charge in [-0.3, -0.25) is 14.3 Å². The highest BCUT2D eigenvalue weighted by molar-refractivity contribution is 6.07. The van der Waals surface area contributed by atoms with Crippen molar-refractivity contribution >= 4 is 12.1 Å². The minimum atomic E-state index is -0.565. The van der Waals surface area contributed by atoms with Gasteiger partial charge in [0.15, 0.2) is 6.29 Å². The molecular weight excluding hydrogens is 313 g/mol. The van der Waals surface area contributed by atoms with E-state index in [9.17, 15) is 14.0 Å². The van der Waals surface area contributed by atoms with Crippen LogP contribution in [-0.2, 0) is 7.05 Å². The lowest BCUT2D eigenvalue weighted by Crippen LogP contribution is -2.12. The van der Waals surface area contributed by atoms with Crippen molar-refractivity contribution in [2.75, 3.05) is 0 Å². The van der Waals surface area contributed by atoms with Gasteiger partial charge in [-0.05, 0) is 24.3 Å². The number of aromatic nitrogens is 4. The van der Waals surface area contributed by atoms with E-state index in [4.69, 9.17) is 5.26 Å². The van der Waals surface area contributed by atoms with Gasteiger partial charge in [-0.25, -0.2) is 9.07 Å². The molecule has 3 rings (SSSR count). The molecule has 0 radical (unpaired) electrons. The Bertz CT molecular complexity index is 996. The summed E-state index contributed by atoms with van der Waals surface area (Å²) in [6.45, 7) is 0. The molecule has 0 N–H and O–H groups in total. The lowest BCUT2D eigenvalue weighted by Gasteiger charge is -2.08. The minimum Gasteiger partial charge on any atom is -0.298 e. The van der Waals surface area contributed by atoms with Gasteiger partial charge in [0, 0.05) is 18.7 Å². The van der Waals surface area contributed by atoms with Gasteiger partial charge in [-0.2, -0.15) is 15.5 Å². The molecule has 0 amide bonds. The fraction of sp³-hybridized carbons (Fsp3) is 0.0625. The molecule has 1 aromatic carbocycles. The van der Waals surface area contributed by atoms with E-state index >= 15 is 0 Å². The van der Waals surface area contributed by atoms with E-state index in [1.165, 1.54) is 39.8 Å². The van der Waals surface area contributed by atoms with Gasteiger partial charge in [-0.1, -0.05) is 0 Å². The van der Waals surface area contributed by atoms with Crippen molar-refractivity contribution in [3.63, 3.8) is 0 Å². The summed E-state index contributed by atoms with van der Waals surface area (Å²) in [6.07, 6.45) is 1.88. The molecular formula is C16H10FN5O2. The number of rotatable bonds is 4. The highest BCUT2D eigenvalue weighted by atomic mass is 19.1. The van der Waals surface area contributed by atoms with Crippen LogP contribution >= 0.6 is 0 Å². The third-order valence-corrected chi connectivity index (χ3v) is 3.45. The molecule has 0 aliphatic carbocycles. The van der Waals surface area contributed by atoms with E-state index in [1.807, 2.05) is 6.07 Å². The monoisotopic (exact) mass is 323 g/mol. The second-order valence-electron chi connectivity index (χ2n) is 4.93. The van der Waals surface area contributed by atoms with E-state index in [0.717, 1.165) is 6.07 Å². The second kappa shape index (κ2) is 5.89. The summed E-state index contributed by atoms with van der Waals surface area (Å²) < 4.78 is 15.8. The van der Waals surface area contributed by atoms with Gasteiger partial charge in [0.05, 0.1) is 11.9 Å². The van der Waals surface area contributed by atoms with Gasteiger partial charge in [-0.15, -0.1) is 0 Å². The average molecular weight is 323 g/mol. The molecule has 0 aliphatic heterocycles. The first-order chi connectivity index (χ1) is 11.5. The fourth-order valence-electron chi connectivity index (χ4n) is 2.29. The molecule has 7 nitrogen and oxygen atoms in total. The largest absolute Gasteiger partial charge is 0.298 e. The van der Waals surface area contributed by atoms with Gasteiger partial charge in [0.2, 0.25) is 5.78 Å². The normalized spacial score (nSPS) is 10.4. The van der Waals surface area contributed by atoms with Crippen molar-refractivity contribution in [2.45, 2.75) is 0 Å². The maximum absolute atomic E-state index is 13.3. The molecule has 0 spiro atoms. The van der Waals surface area contributed by atoms with E-state index in [0.29, 0.717) is 6.29 Å². The SMILES string of the molecule is Cn1nc(C(=O)c2ccnn2-c2ccc(F)cc2C=O)cc1C#N. The third-order valence-electron chi connectivity index (χ3n) is 3.45. The second-order valence-corrected chi connectivity index (χ2v) is 4.93. The summed E-state index contributed by atoms with van der Waals surface area (Å²) in [7, 11) is 1.55. The molecule has 118 valence electrons. The number of hydrogen-bond acceptors (Lipinski definition) is 5. The maximum atomic E-state index is 13.3. The van der Waals surface area contributed by atoms with Crippen molar-refractivity contribution in [3.8, 4) is 11.8 Å². The Morgan fingerprint density at radius 2 is 2.12 bits per heavy atom. The highest BCUT2D eigenvalue weighted by Crippen LogP contribution is 2.18. The number of carbonyl (C=O) groups is 2. The van der Waals surface area contributed by atoms with Crippen LogP contribution in [0.2, 0.25) is 0 Å². The van der Waals surface area contributed by atoms with Crippen LogP contribution in [0.4, 0.5) is 4.39 Å². The van der Waals surface area contributed by atoms with Crippen LogP contribution in [0.3, 0.4) is 0 Å². The molecule has 0 saturated carbocycles. The number of carbonyl (C=O) groups excluding carboxylic acids is 2. The van der Waals surface area contributed by atoms with E-state index < -0.39 is 11.6 Å². The lowest BCUT2D eigenvalue weighted by molar-refractivity contribution is 0.102. The Hall–Kier alpha value is -3.60. The van der Waals surface area contributed by atoms with Gasteiger partial charge < -0.3 is 0 Å². The molecule has 0 saturated heterocycles. The molecule has 0 fully saturated rings. The van der Waals surface area contributed by atoms with Crippen LogP contribution in [0.5, 0.6) is 0 Å². The van der Waals surface area contributed by atoms with E-state index in [2.05, 4.69) is 10.2 Å². The van der Waals surface area contributed by atoms with Gasteiger partial charge in [0.1, 0.15) is 29.0 Å². The number of benzene rings is 1. The minimum absolute atomic E-state index is 0.0616. The molecule has 0 atom stereocenters. The first kappa shape index (κ1) is 15.3. The molecule has 0 aliphatic rings. The zero-order chi connectivity index (χ0) is 17.3. The zero-order valence-corrected chi connectivity index (χ0v) is 12.5. The van der Waals surface area contributed by atoms with Gasteiger partial charge >= 0.3 is 0 Å². The molecule has 8 heteroatoms. The predicted octanol–water partition coefficient (Wildman–Crippen LogP) is 1.66. The van der Waals surface area contributed by atoms with Crippen molar-refractivity contribution in [2.24, 2.45) is 7.05 Å². The van der Waals surface area contributed by atoms with Crippen molar-refractivity contribution in [3.05, 3.63) is 65.0 Å². The smallest absolute Gasteiger partial charge is 0.231 e. The van der Waals surface area contributed by atoms with Crippen LogP contribution < -0.4 is 0 Å². The third kappa shape index (κ3) is 2.48. The number of nitriles is 1. The number of aryl methyl sites for hydroxylation is 1. The summed E-state index contributed by atoms with van der Waals surface area (Å²) in [5, 5.41) is 17.0. The molecule has 2 heterocycles. The van der Waals surface area contributed by atoms with Crippen molar-refractivity contribution in [1.29, 1.82) is 5.26 Å². The lowest BCUT2D eigenvalue weighted by atomic mass is 10.1. The molecule has 2 aromatic heterocycles. The Labute approximate surface area is 135 Å². The van der Waals surface area contributed by atoms with E-state index in [-0.39, 0.29) is 28.3 Å². The predicted molar refractivity (Wildman–Crippen MR) is 80.3 cm³/mol. The molecule has 0 unspecified atom stereocenters. The topological polar surface area (TPSA) is 93.6 Å². The number of hydrogen-bond donors (Lipinski definition) is 0. The number of nitrogens with zero attached hydrogens (tertiary/aromatic N) is 5. The van der Waals surface area contributed by atoms with Crippen LogP contribution in [0.15, 0.2) is 36.5 Å². The number of aldehydes is 1. The zero-order valence-electron chi connectivity index (χ0n) is 12.5. The first-order valence-electron chi connectivity index (χ1n) is 6.83. The standard InChI is InChI=1S/C16H10FN5O2/c1-21-12(8-18)7-13(20-21)16(24)15-4-5-19-22(15)14-3-2-11(17)6-10(14)9-23/h2-7,9H,1H3.